The zero-order chi connectivity index (χ0) is 11.5. The van der Waals surface area contributed by atoms with Gasteiger partial charge in [-0.05, 0) is 25.1 Å². The van der Waals surface area contributed by atoms with E-state index >= 15 is 0 Å². The molecule has 0 atom stereocenters. The molecule has 1 aromatic heterocycles. The zero-order valence-electron chi connectivity index (χ0n) is 8.54. The summed E-state index contributed by atoms with van der Waals surface area (Å²) in [6, 6.07) is 5.17. The van der Waals surface area contributed by atoms with Gasteiger partial charge < -0.3 is 4.98 Å². The molecule has 0 aliphatic rings. The first-order valence-electron chi connectivity index (χ1n) is 4.66. The molecule has 2 rings (SSSR count). The fourth-order valence-electron chi connectivity index (χ4n) is 1.22. The summed E-state index contributed by atoms with van der Waals surface area (Å²) < 4.78 is 0. The van der Waals surface area contributed by atoms with Gasteiger partial charge in [-0.1, -0.05) is 23.2 Å². The predicted molar refractivity (Wildman–Crippen MR) is 67.0 cm³/mol. The fraction of sp³-hybridized carbons (Fsp3) is 0.0909. The van der Waals surface area contributed by atoms with E-state index in [-0.39, 0.29) is 0 Å². The van der Waals surface area contributed by atoms with E-state index < -0.39 is 0 Å². The second-order valence-electron chi connectivity index (χ2n) is 3.27. The highest BCUT2D eigenvalue weighted by molar-refractivity contribution is 6.36. The molecule has 0 bridgehead atoms. The minimum absolute atomic E-state index is 0.525. The molecule has 0 amide bonds. The monoisotopic (exact) mass is 253 g/mol. The normalized spacial score (nSPS) is 11.2. The Kier molecular flexibility index (Phi) is 3.27. The van der Waals surface area contributed by atoms with Gasteiger partial charge in [0.2, 0.25) is 0 Å². The lowest BCUT2D eigenvalue weighted by molar-refractivity contribution is 1.25. The van der Waals surface area contributed by atoms with Crippen LogP contribution in [0.4, 0.5) is 5.69 Å². The van der Waals surface area contributed by atoms with Gasteiger partial charge in [0.1, 0.15) is 5.69 Å². The Bertz CT molecular complexity index is 532. The minimum atomic E-state index is 0.525. The molecule has 0 aliphatic heterocycles. The molecule has 1 heterocycles. The van der Waals surface area contributed by atoms with E-state index in [2.05, 4.69) is 15.0 Å². The van der Waals surface area contributed by atoms with E-state index in [1.54, 1.807) is 30.7 Å². The first-order valence-corrected chi connectivity index (χ1v) is 5.41. The Morgan fingerprint density at radius 1 is 1.38 bits per heavy atom. The molecule has 0 spiro atoms. The number of nitrogens with one attached hydrogen (secondary N) is 1. The van der Waals surface area contributed by atoms with Crippen molar-refractivity contribution in [2.75, 3.05) is 0 Å². The van der Waals surface area contributed by atoms with Gasteiger partial charge in [-0.15, -0.1) is 0 Å². The lowest BCUT2D eigenvalue weighted by atomic mass is 10.3. The Balaban J connectivity index is 2.27. The maximum atomic E-state index is 5.98. The van der Waals surface area contributed by atoms with Crippen LogP contribution in [0.25, 0.3) is 0 Å². The summed E-state index contributed by atoms with van der Waals surface area (Å²) in [5.74, 6) is 0. The number of imidazole rings is 1. The molecule has 0 unspecified atom stereocenters. The topological polar surface area (TPSA) is 41.0 Å². The Labute approximate surface area is 103 Å². The molecule has 0 saturated carbocycles. The van der Waals surface area contributed by atoms with Gasteiger partial charge in [-0.2, -0.15) is 0 Å². The molecule has 5 heteroatoms. The van der Waals surface area contributed by atoms with E-state index in [0.717, 1.165) is 11.4 Å². The zero-order valence-corrected chi connectivity index (χ0v) is 10.0. The quantitative estimate of drug-likeness (QED) is 0.814. The highest BCUT2D eigenvalue weighted by Crippen LogP contribution is 2.27. The van der Waals surface area contributed by atoms with Gasteiger partial charge in [0.15, 0.2) is 0 Å². The van der Waals surface area contributed by atoms with Gasteiger partial charge in [0.05, 0.1) is 23.3 Å². The molecule has 0 aliphatic carbocycles. The van der Waals surface area contributed by atoms with Crippen LogP contribution in [0.1, 0.15) is 11.4 Å². The fourth-order valence-corrected chi connectivity index (χ4v) is 1.67. The van der Waals surface area contributed by atoms with Gasteiger partial charge in [0, 0.05) is 10.7 Å². The number of hydrogen-bond acceptors (Lipinski definition) is 2. The van der Waals surface area contributed by atoms with E-state index in [9.17, 15) is 0 Å². The van der Waals surface area contributed by atoms with Crippen LogP contribution >= 0.6 is 23.2 Å². The summed E-state index contributed by atoms with van der Waals surface area (Å²) in [6.45, 7) is 1.93. The van der Waals surface area contributed by atoms with Crippen molar-refractivity contribution in [2.24, 2.45) is 4.99 Å². The van der Waals surface area contributed by atoms with Crippen molar-refractivity contribution in [3.8, 4) is 0 Å². The van der Waals surface area contributed by atoms with E-state index in [1.807, 2.05) is 6.92 Å². The van der Waals surface area contributed by atoms with Crippen LogP contribution < -0.4 is 0 Å². The summed E-state index contributed by atoms with van der Waals surface area (Å²) >= 11 is 11.8. The average molecular weight is 254 g/mol. The third-order valence-electron chi connectivity index (χ3n) is 2.10. The van der Waals surface area contributed by atoms with Crippen molar-refractivity contribution in [3.05, 3.63) is 46.0 Å². The highest BCUT2D eigenvalue weighted by atomic mass is 35.5. The van der Waals surface area contributed by atoms with Crippen LogP contribution in [-0.4, -0.2) is 16.2 Å². The Hall–Kier alpha value is -1.32. The van der Waals surface area contributed by atoms with Crippen LogP contribution in [0.3, 0.4) is 0 Å². The van der Waals surface area contributed by atoms with Gasteiger partial charge in [-0.25, -0.2) is 4.98 Å². The smallest absolute Gasteiger partial charge is 0.102 e. The number of halogens is 2. The summed E-state index contributed by atoms with van der Waals surface area (Å²) in [5.41, 5.74) is 2.44. The van der Waals surface area contributed by atoms with Crippen molar-refractivity contribution in [3.63, 3.8) is 0 Å². The standard InChI is InChI=1S/C11H9Cl2N3/c1-7-11(16-6-15-7)5-14-10-3-2-8(12)4-9(10)13/h2-6H,1H3,(H,15,16). The third-order valence-corrected chi connectivity index (χ3v) is 2.64. The Morgan fingerprint density at radius 3 is 2.81 bits per heavy atom. The number of H-pyrrole nitrogens is 1. The number of aromatic nitrogens is 2. The number of benzene rings is 1. The molecule has 1 aromatic carbocycles. The largest absolute Gasteiger partial charge is 0.348 e. The molecule has 2 aromatic rings. The summed E-state index contributed by atoms with van der Waals surface area (Å²) in [5, 5.41) is 1.12. The lowest BCUT2D eigenvalue weighted by Crippen LogP contribution is -1.84. The van der Waals surface area contributed by atoms with Gasteiger partial charge in [-0.3, -0.25) is 4.99 Å². The summed E-state index contributed by atoms with van der Waals surface area (Å²) in [6.07, 6.45) is 3.29. The van der Waals surface area contributed by atoms with Crippen molar-refractivity contribution < 1.29 is 0 Å². The van der Waals surface area contributed by atoms with Crippen LogP contribution in [-0.2, 0) is 0 Å². The summed E-state index contributed by atoms with van der Waals surface area (Å²) in [7, 11) is 0. The van der Waals surface area contributed by atoms with Crippen molar-refractivity contribution in [1.29, 1.82) is 0 Å². The van der Waals surface area contributed by atoms with E-state index in [0.29, 0.717) is 15.7 Å². The first kappa shape index (κ1) is 11.2. The van der Waals surface area contributed by atoms with Crippen LogP contribution in [0.5, 0.6) is 0 Å². The molecular formula is C11H9Cl2N3. The maximum Gasteiger partial charge on any atom is 0.102 e. The second kappa shape index (κ2) is 4.68. The first-order chi connectivity index (χ1) is 7.66. The molecule has 1 N–H and O–H groups in total. The number of rotatable bonds is 2. The van der Waals surface area contributed by atoms with Gasteiger partial charge in [0.25, 0.3) is 0 Å². The molecule has 0 fully saturated rings. The van der Waals surface area contributed by atoms with Crippen LogP contribution in [0, 0.1) is 6.92 Å². The van der Waals surface area contributed by atoms with E-state index in [1.165, 1.54) is 0 Å². The highest BCUT2D eigenvalue weighted by Gasteiger charge is 2.00. The lowest BCUT2D eigenvalue weighted by Gasteiger charge is -1.97. The molecule has 0 radical (unpaired) electrons. The SMILES string of the molecule is Cc1[nH]cnc1C=Nc1ccc(Cl)cc1Cl. The van der Waals surface area contributed by atoms with Crippen LogP contribution in [0.2, 0.25) is 10.0 Å². The number of aliphatic imine (C=N–C) groups is 1. The van der Waals surface area contributed by atoms with E-state index in [4.69, 9.17) is 23.2 Å². The minimum Gasteiger partial charge on any atom is -0.348 e. The number of aromatic amines is 1. The maximum absolute atomic E-state index is 5.98. The molecule has 16 heavy (non-hydrogen) atoms. The molecule has 0 saturated heterocycles. The molecular weight excluding hydrogens is 245 g/mol. The van der Waals surface area contributed by atoms with Gasteiger partial charge >= 0.3 is 0 Å². The van der Waals surface area contributed by atoms with Crippen molar-refractivity contribution in [1.82, 2.24) is 9.97 Å². The average Bonchev–Trinajstić information content (AvgIpc) is 2.63. The van der Waals surface area contributed by atoms with Crippen molar-refractivity contribution in [2.45, 2.75) is 6.92 Å². The summed E-state index contributed by atoms with van der Waals surface area (Å²) in [4.78, 5) is 11.3. The second-order valence-corrected chi connectivity index (χ2v) is 4.11. The number of hydrogen-bond donors (Lipinski definition) is 1. The predicted octanol–water partition coefficient (Wildman–Crippen LogP) is 3.78. The van der Waals surface area contributed by atoms with Crippen LogP contribution in [0.15, 0.2) is 29.5 Å². The van der Waals surface area contributed by atoms with Crippen molar-refractivity contribution >= 4 is 35.1 Å². The number of nitrogens with zero attached hydrogens (tertiary/aromatic N) is 2. The Morgan fingerprint density at radius 2 is 2.19 bits per heavy atom. The third kappa shape index (κ3) is 2.43. The molecule has 3 nitrogen and oxygen atoms in total. The number of aryl methyl sites for hydroxylation is 1. The molecule has 82 valence electrons.